The number of hydrogen-bond donors (Lipinski definition) is 1. The van der Waals surface area contributed by atoms with Gasteiger partial charge >= 0.3 is 0 Å². The molecule has 1 fully saturated rings. The second kappa shape index (κ2) is 6.21. The van der Waals surface area contributed by atoms with Crippen molar-refractivity contribution >= 4 is 11.7 Å². The molecule has 1 saturated heterocycles. The minimum absolute atomic E-state index is 0.000379. The van der Waals surface area contributed by atoms with Crippen molar-refractivity contribution in [2.24, 2.45) is 0 Å². The number of carbonyl (C=O) groups excluding carboxylic acids is 1. The van der Waals surface area contributed by atoms with Gasteiger partial charge in [0.25, 0.3) is 5.91 Å². The van der Waals surface area contributed by atoms with Crippen molar-refractivity contribution in [2.75, 3.05) is 25.0 Å². The number of hydrogen-bond acceptors (Lipinski definition) is 5. The molecular formula is C15H16N4O2. The molecule has 0 aliphatic carbocycles. The molecule has 0 atom stereocenters. The Labute approximate surface area is 122 Å². The van der Waals surface area contributed by atoms with E-state index in [-0.39, 0.29) is 18.6 Å². The van der Waals surface area contributed by atoms with Crippen molar-refractivity contribution in [2.45, 2.75) is 6.04 Å². The number of ether oxygens (including phenoxy) is 1. The Morgan fingerprint density at radius 3 is 2.81 bits per heavy atom. The lowest BCUT2D eigenvalue weighted by atomic mass is 10.1. The van der Waals surface area contributed by atoms with Gasteiger partial charge in [-0.25, -0.2) is 9.97 Å². The molecule has 1 amide bonds. The molecule has 6 nitrogen and oxygen atoms in total. The second-order valence-electron chi connectivity index (χ2n) is 4.84. The molecule has 1 aliphatic rings. The van der Waals surface area contributed by atoms with Crippen molar-refractivity contribution in [1.29, 1.82) is 0 Å². The van der Waals surface area contributed by atoms with Gasteiger partial charge in [0.1, 0.15) is 17.9 Å². The lowest BCUT2D eigenvalue weighted by Gasteiger charge is -2.39. The number of anilines is 1. The van der Waals surface area contributed by atoms with E-state index in [1.807, 2.05) is 36.4 Å². The number of amides is 1. The Bertz CT molecular complexity index is 585. The number of para-hydroxylation sites is 1. The number of aromatic nitrogens is 2. The zero-order chi connectivity index (χ0) is 14.5. The topological polar surface area (TPSA) is 67.3 Å². The molecule has 3 rings (SSSR count). The Kier molecular flexibility index (Phi) is 3.95. The monoisotopic (exact) mass is 284 g/mol. The minimum atomic E-state index is -0.000379. The SMILES string of the molecule is O=C(COc1ccccc1)N1CC(Nc2ccncn2)C1. The Morgan fingerprint density at radius 1 is 1.29 bits per heavy atom. The van der Waals surface area contributed by atoms with Crippen LogP contribution in [0.15, 0.2) is 48.9 Å². The van der Waals surface area contributed by atoms with Crippen LogP contribution in [0.1, 0.15) is 0 Å². The molecule has 2 aromatic rings. The van der Waals surface area contributed by atoms with Crippen LogP contribution in [-0.4, -0.2) is 46.5 Å². The molecule has 6 heteroatoms. The van der Waals surface area contributed by atoms with Gasteiger partial charge in [-0.15, -0.1) is 0 Å². The van der Waals surface area contributed by atoms with E-state index < -0.39 is 0 Å². The predicted molar refractivity (Wildman–Crippen MR) is 78.0 cm³/mol. The first-order valence-electron chi connectivity index (χ1n) is 6.79. The zero-order valence-corrected chi connectivity index (χ0v) is 11.5. The maximum absolute atomic E-state index is 11.9. The van der Waals surface area contributed by atoms with E-state index in [9.17, 15) is 4.79 Å². The first-order chi connectivity index (χ1) is 10.3. The average molecular weight is 284 g/mol. The third-order valence-electron chi connectivity index (χ3n) is 3.27. The summed E-state index contributed by atoms with van der Waals surface area (Å²) in [7, 11) is 0. The van der Waals surface area contributed by atoms with Crippen LogP contribution in [0.25, 0.3) is 0 Å². The van der Waals surface area contributed by atoms with Crippen molar-refractivity contribution in [3.05, 3.63) is 48.9 Å². The summed E-state index contributed by atoms with van der Waals surface area (Å²) >= 11 is 0. The summed E-state index contributed by atoms with van der Waals surface area (Å²) in [5, 5.41) is 3.25. The fraction of sp³-hybridized carbons (Fsp3) is 0.267. The fourth-order valence-electron chi connectivity index (χ4n) is 2.11. The summed E-state index contributed by atoms with van der Waals surface area (Å²) in [6.45, 7) is 1.41. The molecule has 2 heterocycles. The van der Waals surface area contributed by atoms with Crippen LogP contribution in [0, 0.1) is 0 Å². The van der Waals surface area contributed by atoms with Crippen molar-refractivity contribution in [1.82, 2.24) is 14.9 Å². The van der Waals surface area contributed by atoms with E-state index in [0.717, 1.165) is 5.82 Å². The molecule has 1 aromatic heterocycles. The maximum atomic E-state index is 11.9. The molecule has 21 heavy (non-hydrogen) atoms. The number of nitrogens with one attached hydrogen (secondary N) is 1. The number of likely N-dealkylation sites (tertiary alicyclic amines) is 1. The molecular weight excluding hydrogens is 268 g/mol. The summed E-state index contributed by atoms with van der Waals surface area (Å²) in [6, 6.07) is 11.4. The molecule has 0 unspecified atom stereocenters. The number of benzene rings is 1. The number of carbonyl (C=O) groups is 1. The maximum Gasteiger partial charge on any atom is 0.260 e. The van der Waals surface area contributed by atoms with Gasteiger partial charge in [-0.2, -0.15) is 0 Å². The van der Waals surface area contributed by atoms with Gasteiger partial charge in [0.2, 0.25) is 0 Å². The molecule has 1 aromatic carbocycles. The van der Waals surface area contributed by atoms with E-state index in [0.29, 0.717) is 18.8 Å². The third-order valence-corrected chi connectivity index (χ3v) is 3.27. The number of rotatable bonds is 5. The van der Waals surface area contributed by atoms with Crippen molar-refractivity contribution in [3.63, 3.8) is 0 Å². The molecule has 0 saturated carbocycles. The van der Waals surface area contributed by atoms with E-state index in [1.165, 1.54) is 6.33 Å². The van der Waals surface area contributed by atoms with Crippen molar-refractivity contribution < 1.29 is 9.53 Å². The van der Waals surface area contributed by atoms with Crippen LogP contribution in [0.2, 0.25) is 0 Å². The summed E-state index contributed by atoms with van der Waals surface area (Å²) in [4.78, 5) is 21.7. The summed E-state index contributed by atoms with van der Waals surface area (Å²) in [5.41, 5.74) is 0. The molecule has 0 bridgehead atoms. The van der Waals surface area contributed by atoms with Gasteiger partial charge in [0.15, 0.2) is 6.61 Å². The predicted octanol–water partition coefficient (Wildman–Crippen LogP) is 1.18. The van der Waals surface area contributed by atoms with Crippen LogP contribution >= 0.6 is 0 Å². The van der Waals surface area contributed by atoms with Gasteiger partial charge in [-0.3, -0.25) is 4.79 Å². The van der Waals surface area contributed by atoms with E-state index >= 15 is 0 Å². The Morgan fingerprint density at radius 2 is 2.10 bits per heavy atom. The number of nitrogens with zero attached hydrogens (tertiary/aromatic N) is 3. The van der Waals surface area contributed by atoms with Gasteiger partial charge in [-0.1, -0.05) is 18.2 Å². The standard InChI is InChI=1S/C15H16N4O2/c20-15(10-21-13-4-2-1-3-5-13)19-8-12(9-19)18-14-6-7-16-11-17-14/h1-7,11-12H,8-10H2,(H,16,17,18). The summed E-state index contributed by atoms with van der Waals surface area (Å²) in [6.07, 6.45) is 3.18. The molecule has 108 valence electrons. The van der Waals surface area contributed by atoms with Crippen LogP contribution < -0.4 is 10.1 Å². The summed E-state index contributed by atoms with van der Waals surface area (Å²) in [5.74, 6) is 1.49. The van der Waals surface area contributed by atoms with Gasteiger partial charge in [0, 0.05) is 19.3 Å². The molecule has 0 radical (unpaired) electrons. The summed E-state index contributed by atoms with van der Waals surface area (Å²) < 4.78 is 5.45. The van der Waals surface area contributed by atoms with Crippen LogP contribution in [0.5, 0.6) is 5.75 Å². The normalized spacial score (nSPS) is 14.4. The zero-order valence-electron chi connectivity index (χ0n) is 11.5. The first-order valence-corrected chi connectivity index (χ1v) is 6.79. The molecule has 1 aliphatic heterocycles. The highest BCUT2D eigenvalue weighted by Gasteiger charge is 2.30. The highest BCUT2D eigenvalue weighted by atomic mass is 16.5. The van der Waals surface area contributed by atoms with Crippen LogP contribution in [-0.2, 0) is 4.79 Å². The van der Waals surface area contributed by atoms with Crippen molar-refractivity contribution in [3.8, 4) is 5.75 Å². The van der Waals surface area contributed by atoms with Crippen LogP contribution in [0.3, 0.4) is 0 Å². The average Bonchev–Trinajstić information content (AvgIpc) is 2.50. The quantitative estimate of drug-likeness (QED) is 0.893. The van der Waals surface area contributed by atoms with E-state index in [4.69, 9.17) is 4.74 Å². The fourth-order valence-corrected chi connectivity index (χ4v) is 2.11. The molecule has 0 spiro atoms. The molecule has 1 N–H and O–H groups in total. The van der Waals surface area contributed by atoms with Gasteiger partial charge < -0.3 is 15.0 Å². The van der Waals surface area contributed by atoms with E-state index in [1.54, 1.807) is 11.1 Å². The lowest BCUT2D eigenvalue weighted by Crippen LogP contribution is -2.58. The Balaban J connectivity index is 1.40. The highest BCUT2D eigenvalue weighted by molar-refractivity contribution is 5.79. The Hall–Kier alpha value is -2.63. The van der Waals surface area contributed by atoms with E-state index in [2.05, 4.69) is 15.3 Å². The van der Waals surface area contributed by atoms with Crippen LogP contribution in [0.4, 0.5) is 5.82 Å². The first kappa shape index (κ1) is 13.4. The van der Waals surface area contributed by atoms with Gasteiger partial charge in [0.05, 0.1) is 6.04 Å². The van der Waals surface area contributed by atoms with Gasteiger partial charge in [-0.05, 0) is 18.2 Å². The highest BCUT2D eigenvalue weighted by Crippen LogP contribution is 2.14. The third kappa shape index (κ3) is 3.47. The minimum Gasteiger partial charge on any atom is -0.484 e. The largest absolute Gasteiger partial charge is 0.484 e. The second-order valence-corrected chi connectivity index (χ2v) is 4.84. The smallest absolute Gasteiger partial charge is 0.260 e. The lowest BCUT2D eigenvalue weighted by molar-refractivity contribution is -0.137.